The lowest BCUT2D eigenvalue weighted by atomic mass is 9.90. The summed E-state index contributed by atoms with van der Waals surface area (Å²) < 4.78 is 0. The summed E-state index contributed by atoms with van der Waals surface area (Å²) in [5, 5.41) is 4.65. The first-order valence-corrected chi connectivity index (χ1v) is 9.64. The Morgan fingerprint density at radius 2 is 1.86 bits per heavy atom. The Morgan fingerprint density at radius 3 is 2.59 bits per heavy atom. The molecular weight excluding hydrogens is 294 g/mol. The Balaban J connectivity index is 1.36. The van der Waals surface area contributed by atoms with E-state index in [1.165, 1.54) is 37.8 Å². The minimum Gasteiger partial charge on any atom is -0.327 e. The van der Waals surface area contributed by atoms with Gasteiger partial charge in [0, 0.05) is 47.8 Å². The molecule has 22 heavy (non-hydrogen) atoms. The first-order valence-electron chi connectivity index (χ1n) is 8.69. The molecule has 0 saturated carbocycles. The molecule has 0 aromatic carbocycles. The third-order valence-electron chi connectivity index (χ3n) is 6.12. The second-order valence-corrected chi connectivity index (χ2v) is 9.15. The summed E-state index contributed by atoms with van der Waals surface area (Å²) in [5.74, 6) is 0.525. The maximum Gasteiger partial charge on any atom is 0.321 e. The second kappa shape index (κ2) is 5.75. The minimum atomic E-state index is 0.0560. The van der Waals surface area contributed by atoms with Gasteiger partial charge in [0.05, 0.1) is 0 Å². The van der Waals surface area contributed by atoms with Crippen molar-refractivity contribution in [3.8, 4) is 0 Å². The van der Waals surface area contributed by atoms with Gasteiger partial charge in [0.15, 0.2) is 0 Å². The van der Waals surface area contributed by atoms with E-state index in [0.717, 1.165) is 35.5 Å². The van der Waals surface area contributed by atoms with E-state index in [1.807, 2.05) is 11.9 Å². The second-order valence-electron chi connectivity index (χ2n) is 7.54. The van der Waals surface area contributed by atoms with E-state index in [1.54, 1.807) is 0 Å². The van der Waals surface area contributed by atoms with Crippen molar-refractivity contribution < 1.29 is 4.79 Å². The quantitative estimate of drug-likeness (QED) is 0.849. The van der Waals surface area contributed by atoms with Crippen molar-refractivity contribution in [2.75, 3.05) is 20.6 Å². The molecule has 3 aliphatic heterocycles. The number of carbonyl (C=O) groups excluding carboxylic acids is 1. The first-order chi connectivity index (χ1) is 10.6. The number of nitrogens with one attached hydrogen (secondary N) is 1. The lowest BCUT2D eigenvalue weighted by molar-refractivity contribution is 0.182. The van der Waals surface area contributed by atoms with Crippen LogP contribution in [-0.2, 0) is 0 Å². The van der Waals surface area contributed by atoms with Crippen molar-refractivity contribution in [3.63, 3.8) is 0 Å². The molecule has 5 heteroatoms. The van der Waals surface area contributed by atoms with Crippen LogP contribution in [0, 0.1) is 5.92 Å². The number of rotatable bonds is 2. The van der Waals surface area contributed by atoms with Gasteiger partial charge in [-0.15, -0.1) is 0 Å². The Kier molecular flexibility index (Phi) is 3.89. The van der Waals surface area contributed by atoms with E-state index >= 15 is 0 Å². The number of piperidine rings is 1. The van der Waals surface area contributed by atoms with Crippen LogP contribution in [0.1, 0.15) is 38.5 Å². The summed E-state index contributed by atoms with van der Waals surface area (Å²) in [6.07, 6.45) is 10.2. The number of carbonyl (C=O) groups is 1. The molecule has 3 heterocycles. The van der Waals surface area contributed by atoms with E-state index < -0.39 is 0 Å². The monoisotopic (exact) mass is 321 g/mol. The zero-order valence-corrected chi connectivity index (χ0v) is 14.4. The molecule has 0 aromatic heterocycles. The molecule has 1 N–H and O–H groups in total. The number of fused-ring (bicyclic) bond motifs is 3. The number of hydrogen-bond donors (Lipinski definition) is 1. The van der Waals surface area contributed by atoms with Crippen molar-refractivity contribution in [3.05, 3.63) is 11.8 Å². The van der Waals surface area contributed by atoms with Gasteiger partial charge in [0.1, 0.15) is 0 Å². The third-order valence-corrected chi connectivity index (χ3v) is 7.66. The summed E-state index contributed by atoms with van der Waals surface area (Å²) in [6, 6.07) is 1.73. The van der Waals surface area contributed by atoms with Gasteiger partial charge in [0.2, 0.25) is 0 Å². The Labute approximate surface area is 137 Å². The molecule has 1 aliphatic carbocycles. The number of hydrogen-bond acceptors (Lipinski definition) is 3. The highest BCUT2D eigenvalue weighted by Crippen LogP contribution is 2.43. The standard InChI is InChI=1S/C17H27N3OS/c1-19-10-11-7-14(5-6-16(11)18-17(19)21)22-15-8-12-3-4-13(9-15)20(12)2/h6,11-15H,3-5,7-10H2,1-2H3,(H,18,21). The smallest absolute Gasteiger partial charge is 0.321 e. The minimum absolute atomic E-state index is 0.0560. The summed E-state index contributed by atoms with van der Waals surface area (Å²) in [5.41, 5.74) is 1.18. The summed E-state index contributed by atoms with van der Waals surface area (Å²) >= 11 is 2.25. The molecule has 122 valence electrons. The third kappa shape index (κ3) is 2.67. The predicted octanol–water partition coefficient (Wildman–Crippen LogP) is 2.66. The fraction of sp³-hybridized carbons (Fsp3) is 0.824. The van der Waals surface area contributed by atoms with E-state index in [4.69, 9.17) is 0 Å². The lowest BCUT2D eigenvalue weighted by Crippen LogP contribution is -2.49. The number of nitrogens with zero attached hydrogens (tertiary/aromatic N) is 2. The van der Waals surface area contributed by atoms with Gasteiger partial charge in [-0.3, -0.25) is 0 Å². The molecule has 2 amide bonds. The fourth-order valence-electron chi connectivity index (χ4n) is 4.78. The number of amides is 2. The Hall–Kier alpha value is -0.680. The van der Waals surface area contributed by atoms with Crippen LogP contribution in [0.15, 0.2) is 11.8 Å². The van der Waals surface area contributed by atoms with Crippen molar-refractivity contribution in [2.45, 2.75) is 61.1 Å². The van der Waals surface area contributed by atoms with Crippen molar-refractivity contribution in [1.29, 1.82) is 0 Å². The largest absolute Gasteiger partial charge is 0.327 e. The maximum absolute atomic E-state index is 11.7. The zero-order valence-electron chi connectivity index (χ0n) is 13.6. The summed E-state index contributed by atoms with van der Waals surface area (Å²) in [7, 11) is 4.22. The van der Waals surface area contributed by atoms with Crippen molar-refractivity contribution in [2.24, 2.45) is 5.92 Å². The van der Waals surface area contributed by atoms with Crippen LogP contribution in [0.3, 0.4) is 0 Å². The summed E-state index contributed by atoms with van der Waals surface area (Å²) in [4.78, 5) is 16.2. The average molecular weight is 321 g/mol. The van der Waals surface area contributed by atoms with Crippen LogP contribution in [0.25, 0.3) is 0 Å². The molecule has 0 radical (unpaired) electrons. The normalized spacial score (nSPS) is 41.9. The SMILES string of the molecule is CN1CC2CC(SC3CC4CCC(C3)N4C)CC=C2NC1=O. The molecule has 4 unspecified atom stereocenters. The van der Waals surface area contributed by atoms with Gasteiger partial charge in [-0.25, -0.2) is 4.79 Å². The average Bonchev–Trinajstić information content (AvgIpc) is 2.71. The van der Waals surface area contributed by atoms with Crippen LogP contribution < -0.4 is 5.32 Å². The van der Waals surface area contributed by atoms with Gasteiger partial charge >= 0.3 is 6.03 Å². The molecule has 4 aliphatic rings. The molecule has 4 rings (SSSR count). The van der Waals surface area contributed by atoms with E-state index in [-0.39, 0.29) is 6.03 Å². The molecule has 3 fully saturated rings. The van der Waals surface area contributed by atoms with E-state index in [2.05, 4.69) is 35.1 Å². The number of urea groups is 1. The zero-order chi connectivity index (χ0) is 15.3. The van der Waals surface area contributed by atoms with Gasteiger partial charge in [-0.05, 0) is 45.6 Å². The van der Waals surface area contributed by atoms with Gasteiger partial charge in [-0.1, -0.05) is 6.08 Å². The first kappa shape index (κ1) is 14.9. The van der Waals surface area contributed by atoms with E-state index in [0.29, 0.717) is 5.92 Å². The topological polar surface area (TPSA) is 35.6 Å². The van der Waals surface area contributed by atoms with Crippen LogP contribution in [0.4, 0.5) is 4.79 Å². The lowest BCUT2D eigenvalue weighted by Gasteiger charge is -2.40. The highest BCUT2D eigenvalue weighted by molar-refractivity contribution is 8.00. The molecule has 0 aromatic rings. The Morgan fingerprint density at radius 1 is 1.14 bits per heavy atom. The number of allylic oxidation sites excluding steroid dienone is 1. The molecule has 4 nitrogen and oxygen atoms in total. The Bertz CT molecular complexity index is 480. The molecule has 4 atom stereocenters. The molecular formula is C17H27N3OS. The molecule has 2 bridgehead atoms. The highest BCUT2D eigenvalue weighted by atomic mass is 32.2. The highest BCUT2D eigenvalue weighted by Gasteiger charge is 2.40. The van der Waals surface area contributed by atoms with Crippen molar-refractivity contribution in [1.82, 2.24) is 15.1 Å². The van der Waals surface area contributed by atoms with Crippen LogP contribution >= 0.6 is 11.8 Å². The number of thioether (sulfide) groups is 1. The van der Waals surface area contributed by atoms with Crippen LogP contribution in [0.2, 0.25) is 0 Å². The fourth-order valence-corrected chi connectivity index (χ4v) is 6.54. The van der Waals surface area contributed by atoms with Gasteiger partial charge in [0.25, 0.3) is 0 Å². The van der Waals surface area contributed by atoms with E-state index in [9.17, 15) is 4.79 Å². The summed E-state index contributed by atoms with van der Waals surface area (Å²) in [6.45, 7) is 0.882. The predicted molar refractivity (Wildman–Crippen MR) is 90.9 cm³/mol. The molecule has 3 saturated heterocycles. The van der Waals surface area contributed by atoms with Gasteiger partial charge < -0.3 is 15.1 Å². The van der Waals surface area contributed by atoms with Crippen LogP contribution in [0.5, 0.6) is 0 Å². The van der Waals surface area contributed by atoms with Gasteiger partial charge in [-0.2, -0.15) is 11.8 Å². The van der Waals surface area contributed by atoms with Crippen LogP contribution in [-0.4, -0.2) is 59.1 Å². The maximum atomic E-state index is 11.7. The molecule has 0 spiro atoms. The van der Waals surface area contributed by atoms with Crippen molar-refractivity contribution >= 4 is 17.8 Å².